The Balaban J connectivity index is 1.82. The number of aromatic nitrogens is 3. The molecular formula is C20H19N5O2. The molecule has 136 valence electrons. The minimum Gasteiger partial charge on any atom is -0.493 e. The number of benzene rings is 1. The van der Waals surface area contributed by atoms with Gasteiger partial charge in [-0.25, -0.2) is 4.98 Å². The molecule has 0 saturated heterocycles. The zero-order valence-corrected chi connectivity index (χ0v) is 15.0. The van der Waals surface area contributed by atoms with Gasteiger partial charge in [0.05, 0.1) is 29.0 Å². The van der Waals surface area contributed by atoms with Crippen LogP contribution in [-0.4, -0.2) is 32.3 Å². The Bertz CT molecular complexity index is 983. The molecular weight excluding hydrogens is 342 g/mol. The lowest BCUT2D eigenvalue weighted by atomic mass is 10.1. The fourth-order valence-corrected chi connectivity index (χ4v) is 2.48. The summed E-state index contributed by atoms with van der Waals surface area (Å²) in [6, 6.07) is 12.2. The number of amides is 1. The Morgan fingerprint density at radius 2 is 1.96 bits per heavy atom. The number of rotatable bonds is 5. The molecule has 7 heteroatoms. The van der Waals surface area contributed by atoms with E-state index in [4.69, 9.17) is 5.26 Å². The highest BCUT2D eigenvalue weighted by Crippen LogP contribution is 2.30. The summed E-state index contributed by atoms with van der Waals surface area (Å²) in [5, 5.41) is 26.4. The molecule has 7 nitrogen and oxygen atoms in total. The molecule has 2 N–H and O–H groups in total. The molecule has 3 rings (SSSR count). The number of hydrogen-bond donors (Lipinski definition) is 2. The van der Waals surface area contributed by atoms with Crippen LogP contribution >= 0.6 is 0 Å². The number of nitrogens with zero attached hydrogens (tertiary/aromatic N) is 4. The van der Waals surface area contributed by atoms with Crippen molar-refractivity contribution in [3.63, 3.8) is 0 Å². The van der Waals surface area contributed by atoms with Gasteiger partial charge in [0.15, 0.2) is 5.82 Å². The van der Waals surface area contributed by atoms with Crippen LogP contribution in [-0.2, 0) is 0 Å². The first-order valence-electron chi connectivity index (χ1n) is 8.51. The molecule has 2 heterocycles. The smallest absolute Gasteiger partial charge is 0.252 e. The molecule has 0 aliphatic heterocycles. The Hall–Kier alpha value is -3.66. The lowest BCUT2D eigenvalue weighted by Gasteiger charge is -2.08. The molecule has 0 aliphatic carbocycles. The zero-order valence-electron chi connectivity index (χ0n) is 15.0. The third kappa shape index (κ3) is 3.96. The van der Waals surface area contributed by atoms with E-state index >= 15 is 0 Å². The van der Waals surface area contributed by atoms with Gasteiger partial charge in [-0.2, -0.15) is 15.0 Å². The molecule has 3 aromatic rings. The van der Waals surface area contributed by atoms with Crippen molar-refractivity contribution in [1.82, 2.24) is 20.1 Å². The van der Waals surface area contributed by atoms with Crippen LogP contribution in [0.15, 0.2) is 48.8 Å². The van der Waals surface area contributed by atoms with Crippen LogP contribution in [0.1, 0.15) is 29.8 Å². The molecule has 0 saturated carbocycles. The predicted octanol–water partition coefficient (Wildman–Crippen LogP) is 2.90. The molecule has 0 unspecified atom stereocenters. The van der Waals surface area contributed by atoms with E-state index in [1.807, 2.05) is 13.8 Å². The summed E-state index contributed by atoms with van der Waals surface area (Å²) in [5.41, 5.74) is 2.25. The van der Waals surface area contributed by atoms with Crippen molar-refractivity contribution in [3.8, 4) is 28.9 Å². The number of nitrogens with one attached hydrogen (secondary N) is 1. The van der Waals surface area contributed by atoms with Crippen LogP contribution in [0.25, 0.3) is 16.9 Å². The number of aromatic hydroxyl groups is 1. The van der Waals surface area contributed by atoms with Gasteiger partial charge in [-0.05, 0) is 35.7 Å². The first-order valence-corrected chi connectivity index (χ1v) is 8.51. The van der Waals surface area contributed by atoms with E-state index in [2.05, 4.69) is 21.5 Å². The largest absolute Gasteiger partial charge is 0.493 e. The van der Waals surface area contributed by atoms with Gasteiger partial charge in [0.2, 0.25) is 5.88 Å². The van der Waals surface area contributed by atoms with E-state index in [-0.39, 0.29) is 11.8 Å². The zero-order chi connectivity index (χ0) is 19.4. The summed E-state index contributed by atoms with van der Waals surface area (Å²) in [7, 11) is 0. The Kier molecular flexibility index (Phi) is 5.18. The van der Waals surface area contributed by atoms with Crippen LogP contribution in [0, 0.1) is 17.2 Å². The van der Waals surface area contributed by atoms with Gasteiger partial charge in [0.1, 0.15) is 0 Å². The van der Waals surface area contributed by atoms with Crippen LogP contribution in [0.5, 0.6) is 5.88 Å². The van der Waals surface area contributed by atoms with Gasteiger partial charge in [-0.1, -0.05) is 26.0 Å². The van der Waals surface area contributed by atoms with E-state index in [9.17, 15) is 9.90 Å². The Morgan fingerprint density at radius 3 is 2.56 bits per heavy atom. The van der Waals surface area contributed by atoms with Crippen molar-refractivity contribution in [2.45, 2.75) is 13.8 Å². The lowest BCUT2D eigenvalue weighted by molar-refractivity contribution is 0.0948. The molecule has 0 fully saturated rings. The Morgan fingerprint density at radius 1 is 1.22 bits per heavy atom. The number of hydrogen-bond acceptors (Lipinski definition) is 5. The van der Waals surface area contributed by atoms with Crippen LogP contribution in [0.3, 0.4) is 0 Å². The third-order valence-electron chi connectivity index (χ3n) is 3.97. The minimum atomic E-state index is -0.189. The maximum Gasteiger partial charge on any atom is 0.252 e. The molecule has 0 atom stereocenters. The molecule has 1 amide bonds. The van der Waals surface area contributed by atoms with Crippen molar-refractivity contribution in [2.24, 2.45) is 5.92 Å². The third-order valence-corrected chi connectivity index (χ3v) is 3.97. The highest BCUT2D eigenvalue weighted by atomic mass is 16.3. The minimum absolute atomic E-state index is 0.0655. The van der Waals surface area contributed by atoms with Gasteiger partial charge >= 0.3 is 0 Å². The van der Waals surface area contributed by atoms with Gasteiger partial charge in [0, 0.05) is 12.7 Å². The second kappa shape index (κ2) is 7.70. The predicted molar refractivity (Wildman–Crippen MR) is 100 cm³/mol. The van der Waals surface area contributed by atoms with E-state index in [0.29, 0.717) is 35.0 Å². The maximum atomic E-state index is 12.1. The molecule has 2 aromatic heterocycles. The van der Waals surface area contributed by atoms with Crippen molar-refractivity contribution in [2.75, 3.05) is 6.54 Å². The van der Waals surface area contributed by atoms with Gasteiger partial charge in [0.25, 0.3) is 5.91 Å². The SMILES string of the molecule is CC(C)CNC(=O)c1ccc(-n2ncc(-c3ccc(C#N)cc3)c2O)nc1. The fourth-order valence-electron chi connectivity index (χ4n) is 2.48. The lowest BCUT2D eigenvalue weighted by Crippen LogP contribution is -2.27. The van der Waals surface area contributed by atoms with Crippen molar-refractivity contribution in [3.05, 3.63) is 59.9 Å². The molecule has 0 radical (unpaired) electrons. The normalized spacial score (nSPS) is 10.6. The Labute approximate surface area is 156 Å². The monoisotopic (exact) mass is 361 g/mol. The number of nitriles is 1. The molecule has 1 aromatic carbocycles. The topological polar surface area (TPSA) is 104 Å². The summed E-state index contributed by atoms with van der Waals surface area (Å²) in [4.78, 5) is 16.3. The molecule has 0 spiro atoms. The molecule has 0 aliphatic rings. The standard InChI is InChI=1S/C20H19N5O2/c1-13(2)10-23-19(26)16-7-8-18(22-11-16)25-20(27)17(12-24-25)15-5-3-14(9-21)4-6-15/h3-8,11-13,27H,10H2,1-2H3,(H,23,26). The quantitative estimate of drug-likeness (QED) is 0.727. The summed E-state index contributed by atoms with van der Waals surface area (Å²) in [6.45, 7) is 4.63. The van der Waals surface area contributed by atoms with Crippen molar-refractivity contribution in [1.29, 1.82) is 5.26 Å². The van der Waals surface area contributed by atoms with E-state index in [0.717, 1.165) is 5.56 Å². The maximum absolute atomic E-state index is 12.1. The summed E-state index contributed by atoms with van der Waals surface area (Å²) >= 11 is 0. The first kappa shape index (κ1) is 18.1. The second-order valence-corrected chi connectivity index (χ2v) is 6.49. The van der Waals surface area contributed by atoms with Gasteiger partial charge < -0.3 is 10.4 Å². The van der Waals surface area contributed by atoms with Crippen LogP contribution < -0.4 is 5.32 Å². The highest BCUT2D eigenvalue weighted by Gasteiger charge is 2.14. The summed E-state index contributed by atoms with van der Waals surface area (Å²) < 4.78 is 1.29. The average molecular weight is 361 g/mol. The molecule has 0 bridgehead atoms. The summed E-state index contributed by atoms with van der Waals surface area (Å²) in [5.74, 6) is 0.505. The van der Waals surface area contributed by atoms with E-state index in [1.54, 1.807) is 36.4 Å². The van der Waals surface area contributed by atoms with Crippen molar-refractivity contribution >= 4 is 5.91 Å². The van der Waals surface area contributed by atoms with Gasteiger partial charge in [-0.3, -0.25) is 4.79 Å². The van der Waals surface area contributed by atoms with E-state index < -0.39 is 0 Å². The highest BCUT2D eigenvalue weighted by molar-refractivity contribution is 5.93. The number of pyridine rings is 1. The van der Waals surface area contributed by atoms with Crippen LogP contribution in [0.4, 0.5) is 0 Å². The fraction of sp³-hybridized carbons (Fsp3) is 0.200. The van der Waals surface area contributed by atoms with E-state index in [1.165, 1.54) is 17.1 Å². The average Bonchev–Trinajstić information content (AvgIpc) is 3.07. The first-order chi connectivity index (χ1) is 13.0. The number of carbonyl (C=O) groups excluding carboxylic acids is 1. The molecule has 27 heavy (non-hydrogen) atoms. The number of carbonyl (C=O) groups is 1. The van der Waals surface area contributed by atoms with Gasteiger partial charge in [-0.15, -0.1) is 0 Å². The van der Waals surface area contributed by atoms with Crippen LogP contribution in [0.2, 0.25) is 0 Å². The van der Waals surface area contributed by atoms with Crippen molar-refractivity contribution < 1.29 is 9.90 Å². The summed E-state index contributed by atoms with van der Waals surface area (Å²) in [6.07, 6.45) is 2.98. The second-order valence-electron chi connectivity index (χ2n) is 6.49.